The molecule has 2 heteroatoms. The van der Waals surface area contributed by atoms with Crippen LogP contribution in [-0.2, 0) is 0 Å². The van der Waals surface area contributed by atoms with Crippen molar-refractivity contribution < 1.29 is 0 Å². The van der Waals surface area contributed by atoms with Gasteiger partial charge in [0.1, 0.15) is 0 Å². The summed E-state index contributed by atoms with van der Waals surface area (Å²) in [6.45, 7) is 0. The Morgan fingerprint density at radius 2 is 0.691 bits per heavy atom. The zero-order valence-electron chi connectivity index (χ0n) is 37.3. The number of hydrogen-bond donors (Lipinski definition) is 0. The van der Waals surface area contributed by atoms with Crippen LogP contribution in [-0.4, -0.2) is 4.57 Å². The van der Waals surface area contributed by atoms with E-state index in [4.69, 9.17) is 0 Å². The molecule has 68 heavy (non-hydrogen) atoms. The summed E-state index contributed by atoms with van der Waals surface area (Å²) in [5.74, 6) is 0. The van der Waals surface area contributed by atoms with E-state index in [1.165, 1.54) is 98.8 Å². The molecule has 13 aromatic rings. The first-order valence-corrected chi connectivity index (χ1v) is 23.4. The van der Waals surface area contributed by atoms with Gasteiger partial charge in [0, 0.05) is 33.4 Å². The molecule has 318 valence electrons. The van der Waals surface area contributed by atoms with Gasteiger partial charge >= 0.3 is 0 Å². The topological polar surface area (TPSA) is 8.17 Å². The highest BCUT2D eigenvalue weighted by molar-refractivity contribution is 6.14. The molecule has 0 N–H and O–H groups in total. The second kappa shape index (κ2) is 16.5. The Balaban J connectivity index is 0.885. The van der Waals surface area contributed by atoms with E-state index in [-0.39, 0.29) is 0 Å². The van der Waals surface area contributed by atoms with Crippen molar-refractivity contribution in [2.45, 2.75) is 0 Å². The first-order chi connectivity index (χ1) is 33.7. The van der Waals surface area contributed by atoms with Crippen LogP contribution in [0, 0.1) is 0 Å². The van der Waals surface area contributed by atoms with Gasteiger partial charge in [-0.15, -0.1) is 0 Å². The minimum Gasteiger partial charge on any atom is -0.311 e. The van der Waals surface area contributed by atoms with Crippen LogP contribution < -0.4 is 4.90 Å². The molecule has 0 saturated carbocycles. The highest BCUT2D eigenvalue weighted by Crippen LogP contribution is 2.42. The van der Waals surface area contributed by atoms with Gasteiger partial charge in [-0.3, -0.25) is 0 Å². The van der Waals surface area contributed by atoms with Gasteiger partial charge < -0.3 is 9.47 Å². The number of hydrogen-bond acceptors (Lipinski definition) is 1. The molecule has 2 nitrogen and oxygen atoms in total. The van der Waals surface area contributed by atoms with E-state index in [0.717, 1.165) is 22.6 Å². The van der Waals surface area contributed by atoms with Crippen LogP contribution >= 0.6 is 0 Å². The third-order valence-electron chi connectivity index (χ3n) is 13.8. The number of para-hydroxylation sites is 3. The largest absolute Gasteiger partial charge is 0.311 e. The summed E-state index contributed by atoms with van der Waals surface area (Å²) in [4.78, 5) is 2.37. The van der Waals surface area contributed by atoms with Crippen LogP contribution in [0.3, 0.4) is 0 Å². The molecule has 1 aromatic heterocycles. The molecule has 13 rings (SSSR count). The smallest absolute Gasteiger partial charge is 0.0541 e. The van der Waals surface area contributed by atoms with Gasteiger partial charge in [-0.2, -0.15) is 0 Å². The van der Waals surface area contributed by atoms with E-state index in [0.29, 0.717) is 0 Å². The molecule has 0 aliphatic carbocycles. The summed E-state index contributed by atoms with van der Waals surface area (Å²) in [6.07, 6.45) is 0. The molecular weight excluding hydrogens is 821 g/mol. The van der Waals surface area contributed by atoms with Gasteiger partial charge in [0.15, 0.2) is 0 Å². The quantitative estimate of drug-likeness (QED) is 0.138. The number of rotatable bonds is 8. The maximum atomic E-state index is 2.42. The zero-order valence-corrected chi connectivity index (χ0v) is 37.3. The Morgan fingerprint density at radius 1 is 0.235 bits per heavy atom. The number of nitrogens with zero attached hydrogens (tertiary/aromatic N) is 2. The SMILES string of the molecule is c1cc(-c2ccc(N(c3ccc(-c4cccc5ccccc45)cc3)c3ccc(-c4cc5ccccc5c5ccccc45)cc3)cc2)cc(-c2ccccc2-n2c3ccccc3c3ccccc32)c1. The second-order valence-electron chi connectivity index (χ2n) is 17.7. The summed E-state index contributed by atoms with van der Waals surface area (Å²) >= 11 is 0. The Bertz CT molecular complexity index is 3950. The molecule has 0 bridgehead atoms. The van der Waals surface area contributed by atoms with Gasteiger partial charge in [0.2, 0.25) is 0 Å². The lowest BCUT2D eigenvalue weighted by atomic mass is 9.93. The Hall–Kier alpha value is -8.98. The summed E-state index contributed by atoms with van der Waals surface area (Å²) in [6, 6.07) is 97.4. The predicted octanol–water partition coefficient (Wildman–Crippen LogP) is 18.4. The van der Waals surface area contributed by atoms with E-state index in [1.54, 1.807) is 0 Å². The number of aromatic nitrogens is 1. The van der Waals surface area contributed by atoms with Gasteiger partial charge in [-0.25, -0.2) is 0 Å². The summed E-state index contributed by atoms with van der Waals surface area (Å²) < 4.78 is 2.42. The summed E-state index contributed by atoms with van der Waals surface area (Å²) in [5, 5.41) is 10.1. The van der Waals surface area contributed by atoms with E-state index in [9.17, 15) is 0 Å². The normalized spacial score (nSPS) is 11.5. The fourth-order valence-electron chi connectivity index (χ4n) is 10.6. The van der Waals surface area contributed by atoms with Crippen molar-refractivity contribution in [3.8, 4) is 50.2 Å². The molecule has 0 saturated heterocycles. The zero-order chi connectivity index (χ0) is 45.0. The molecule has 0 atom stereocenters. The van der Waals surface area contributed by atoms with Crippen molar-refractivity contribution in [1.29, 1.82) is 0 Å². The van der Waals surface area contributed by atoms with E-state index >= 15 is 0 Å². The standard InChI is InChI=1S/C66H44N2/c1-3-20-55-46(15-1)17-14-27-56(55)47-33-39-53(40-34-47)67(54-41-35-48(36-42-54)63-44-51-16-2-4-21-57(51)59-23-5-6-24-60(59)63)52-37-31-45(32-38-52)49-18-13-19-50(43-49)58-22-7-10-28-64(58)68-65-29-11-8-25-61(65)62-26-9-12-30-66(62)68/h1-44H. The van der Waals surface area contributed by atoms with Gasteiger partial charge in [0.05, 0.1) is 16.7 Å². The lowest BCUT2D eigenvalue weighted by Gasteiger charge is -2.26. The average Bonchev–Trinajstić information content (AvgIpc) is 3.75. The van der Waals surface area contributed by atoms with Crippen LogP contribution in [0.15, 0.2) is 267 Å². The molecule has 0 aliphatic rings. The van der Waals surface area contributed by atoms with Crippen LogP contribution in [0.2, 0.25) is 0 Å². The highest BCUT2D eigenvalue weighted by Gasteiger charge is 2.18. The van der Waals surface area contributed by atoms with E-state index in [2.05, 4.69) is 276 Å². The van der Waals surface area contributed by atoms with Crippen molar-refractivity contribution in [3.63, 3.8) is 0 Å². The fraction of sp³-hybridized carbons (Fsp3) is 0. The maximum Gasteiger partial charge on any atom is 0.0541 e. The third kappa shape index (κ3) is 6.73. The number of anilines is 3. The summed E-state index contributed by atoms with van der Waals surface area (Å²) in [7, 11) is 0. The van der Waals surface area contributed by atoms with Crippen LogP contribution in [0.25, 0.3) is 104 Å². The highest BCUT2D eigenvalue weighted by atomic mass is 15.1. The van der Waals surface area contributed by atoms with Crippen molar-refractivity contribution in [2.24, 2.45) is 0 Å². The Labute approximate surface area is 395 Å². The van der Waals surface area contributed by atoms with Crippen LogP contribution in [0.4, 0.5) is 17.1 Å². The minimum absolute atomic E-state index is 1.09. The average molecular weight is 865 g/mol. The number of benzene rings is 12. The molecule has 12 aromatic carbocycles. The maximum absolute atomic E-state index is 2.42. The van der Waals surface area contributed by atoms with Crippen LogP contribution in [0.1, 0.15) is 0 Å². The molecule has 0 fully saturated rings. The van der Waals surface area contributed by atoms with Crippen molar-refractivity contribution >= 4 is 71.2 Å². The monoisotopic (exact) mass is 864 g/mol. The number of fused-ring (bicyclic) bond motifs is 7. The lowest BCUT2D eigenvalue weighted by molar-refractivity contribution is 1.18. The predicted molar refractivity (Wildman–Crippen MR) is 290 cm³/mol. The molecule has 0 radical (unpaired) electrons. The first kappa shape index (κ1) is 39.4. The summed E-state index contributed by atoms with van der Waals surface area (Å²) in [5.41, 5.74) is 16.4. The fourth-order valence-corrected chi connectivity index (χ4v) is 10.6. The van der Waals surface area contributed by atoms with E-state index < -0.39 is 0 Å². The molecule has 1 heterocycles. The van der Waals surface area contributed by atoms with Crippen molar-refractivity contribution in [2.75, 3.05) is 4.90 Å². The molecular formula is C66H44N2. The van der Waals surface area contributed by atoms with Gasteiger partial charge in [0.25, 0.3) is 0 Å². The second-order valence-corrected chi connectivity index (χ2v) is 17.7. The Kier molecular flexibility index (Phi) is 9.54. The third-order valence-corrected chi connectivity index (χ3v) is 13.8. The molecule has 0 unspecified atom stereocenters. The van der Waals surface area contributed by atoms with Gasteiger partial charge in [-0.1, -0.05) is 200 Å². The van der Waals surface area contributed by atoms with Crippen molar-refractivity contribution in [1.82, 2.24) is 4.57 Å². The van der Waals surface area contributed by atoms with Crippen molar-refractivity contribution in [3.05, 3.63) is 267 Å². The van der Waals surface area contributed by atoms with Gasteiger partial charge in [-0.05, 0) is 138 Å². The van der Waals surface area contributed by atoms with E-state index in [1.807, 2.05) is 0 Å². The van der Waals surface area contributed by atoms with Crippen LogP contribution in [0.5, 0.6) is 0 Å². The minimum atomic E-state index is 1.09. The first-order valence-electron chi connectivity index (χ1n) is 23.4. The molecule has 0 aliphatic heterocycles. The Morgan fingerprint density at radius 3 is 1.37 bits per heavy atom. The molecule has 0 spiro atoms. The molecule has 0 amide bonds. The lowest BCUT2D eigenvalue weighted by Crippen LogP contribution is -2.09.